The van der Waals surface area contributed by atoms with Crippen LogP contribution in [0, 0.1) is 5.82 Å². The zero-order valence-electron chi connectivity index (χ0n) is 17.9. The van der Waals surface area contributed by atoms with Gasteiger partial charge >= 0.3 is 5.97 Å². The first kappa shape index (κ1) is 22.2. The highest BCUT2D eigenvalue weighted by atomic mass is 19.1. The predicted octanol–water partition coefficient (Wildman–Crippen LogP) is 4.78. The molecule has 0 saturated carbocycles. The molecular weight excluding hydrogens is 425 g/mol. The van der Waals surface area contributed by atoms with Crippen molar-refractivity contribution >= 4 is 5.97 Å². The monoisotopic (exact) mass is 447 g/mol. The lowest BCUT2D eigenvalue weighted by atomic mass is 10.0. The number of carboxylic acid groups (broad SMARTS) is 1. The summed E-state index contributed by atoms with van der Waals surface area (Å²) in [5.74, 6) is 0.0377. The number of aliphatic carboxylic acids is 1. The van der Waals surface area contributed by atoms with E-state index >= 15 is 0 Å². The molecule has 0 radical (unpaired) electrons. The fraction of sp³-hybridized carbons (Fsp3) is 0.160. The Morgan fingerprint density at radius 2 is 1.82 bits per heavy atom. The van der Waals surface area contributed by atoms with E-state index in [-0.39, 0.29) is 12.4 Å². The minimum absolute atomic E-state index is 0.102. The SMILES string of the molecule is CCOc1cc(-c2nc(-c3ccc(CNCC(=O)O)cc3)no2)ccc1-c1ccccc1F. The van der Waals surface area contributed by atoms with Crippen molar-refractivity contribution in [1.29, 1.82) is 0 Å². The van der Waals surface area contributed by atoms with Crippen molar-refractivity contribution < 1.29 is 23.6 Å². The fourth-order valence-electron chi connectivity index (χ4n) is 3.38. The summed E-state index contributed by atoms with van der Waals surface area (Å²) in [5.41, 5.74) is 3.46. The third-order valence-electron chi connectivity index (χ3n) is 4.94. The van der Waals surface area contributed by atoms with E-state index in [4.69, 9.17) is 14.4 Å². The Morgan fingerprint density at radius 1 is 1.06 bits per heavy atom. The number of nitrogens with zero attached hydrogens (tertiary/aromatic N) is 2. The van der Waals surface area contributed by atoms with Gasteiger partial charge in [-0.25, -0.2) is 4.39 Å². The third kappa shape index (κ3) is 5.24. The van der Waals surface area contributed by atoms with Gasteiger partial charge in [0.25, 0.3) is 5.89 Å². The number of carboxylic acids is 1. The summed E-state index contributed by atoms with van der Waals surface area (Å²) in [6.07, 6.45) is 0. The normalized spacial score (nSPS) is 10.8. The smallest absolute Gasteiger partial charge is 0.317 e. The quantitative estimate of drug-likeness (QED) is 0.381. The zero-order valence-corrected chi connectivity index (χ0v) is 17.9. The molecule has 1 aromatic heterocycles. The molecule has 33 heavy (non-hydrogen) atoms. The molecule has 168 valence electrons. The molecule has 0 bridgehead atoms. The van der Waals surface area contributed by atoms with Crippen molar-refractivity contribution in [2.24, 2.45) is 0 Å². The van der Waals surface area contributed by atoms with Crippen molar-refractivity contribution in [3.05, 3.63) is 78.1 Å². The van der Waals surface area contributed by atoms with Crippen molar-refractivity contribution in [3.8, 4) is 39.7 Å². The fourth-order valence-corrected chi connectivity index (χ4v) is 3.38. The molecule has 0 aliphatic carbocycles. The van der Waals surface area contributed by atoms with E-state index in [1.807, 2.05) is 31.2 Å². The Bertz CT molecular complexity index is 1250. The first-order valence-electron chi connectivity index (χ1n) is 10.4. The Hall–Kier alpha value is -4.04. The molecule has 0 fully saturated rings. The molecule has 8 heteroatoms. The predicted molar refractivity (Wildman–Crippen MR) is 121 cm³/mol. The summed E-state index contributed by atoms with van der Waals surface area (Å²) in [4.78, 5) is 15.1. The van der Waals surface area contributed by atoms with E-state index < -0.39 is 5.97 Å². The largest absolute Gasteiger partial charge is 0.493 e. The van der Waals surface area contributed by atoms with E-state index in [2.05, 4.69) is 15.5 Å². The van der Waals surface area contributed by atoms with Gasteiger partial charge in [-0.3, -0.25) is 4.79 Å². The molecule has 7 nitrogen and oxygen atoms in total. The molecule has 0 amide bonds. The maximum Gasteiger partial charge on any atom is 0.317 e. The molecule has 0 atom stereocenters. The number of aromatic nitrogens is 2. The Kier molecular flexibility index (Phi) is 6.75. The summed E-state index contributed by atoms with van der Waals surface area (Å²) in [6, 6.07) is 19.3. The average Bonchev–Trinajstić information content (AvgIpc) is 3.30. The van der Waals surface area contributed by atoms with E-state index in [1.165, 1.54) is 6.07 Å². The minimum atomic E-state index is -0.902. The second-order valence-electron chi connectivity index (χ2n) is 7.24. The highest BCUT2D eigenvalue weighted by Gasteiger charge is 2.16. The number of hydrogen-bond acceptors (Lipinski definition) is 6. The van der Waals surface area contributed by atoms with Crippen LogP contribution in [-0.4, -0.2) is 34.4 Å². The van der Waals surface area contributed by atoms with Crippen LogP contribution in [0.25, 0.3) is 34.0 Å². The van der Waals surface area contributed by atoms with Crippen molar-refractivity contribution in [2.75, 3.05) is 13.2 Å². The average molecular weight is 447 g/mol. The van der Waals surface area contributed by atoms with Gasteiger partial charge in [0.15, 0.2) is 0 Å². The summed E-state index contributed by atoms with van der Waals surface area (Å²) in [6.45, 7) is 2.63. The van der Waals surface area contributed by atoms with Crippen LogP contribution < -0.4 is 10.1 Å². The molecule has 0 aliphatic heterocycles. The number of nitrogens with one attached hydrogen (secondary N) is 1. The lowest BCUT2D eigenvalue weighted by molar-refractivity contribution is -0.136. The molecule has 3 aromatic carbocycles. The van der Waals surface area contributed by atoms with Crippen molar-refractivity contribution in [2.45, 2.75) is 13.5 Å². The van der Waals surface area contributed by atoms with Crippen LogP contribution >= 0.6 is 0 Å². The van der Waals surface area contributed by atoms with Crippen molar-refractivity contribution in [1.82, 2.24) is 15.5 Å². The van der Waals surface area contributed by atoms with E-state index in [1.54, 1.807) is 36.4 Å². The van der Waals surface area contributed by atoms with E-state index in [9.17, 15) is 9.18 Å². The standard InChI is InChI=1S/C25H22FN3O4/c1-2-32-22-13-18(11-12-20(22)19-5-3-4-6-21(19)26)25-28-24(29-33-25)17-9-7-16(8-10-17)14-27-15-23(30)31/h3-13,27H,2,14-15H2,1H3,(H,30,31). The molecule has 0 saturated heterocycles. The molecule has 4 rings (SSSR count). The lowest BCUT2D eigenvalue weighted by Crippen LogP contribution is -2.21. The van der Waals surface area contributed by atoms with Crippen LogP contribution in [0.4, 0.5) is 4.39 Å². The van der Waals surface area contributed by atoms with Gasteiger partial charge in [-0.2, -0.15) is 4.98 Å². The van der Waals surface area contributed by atoms with Crippen LogP contribution in [0.3, 0.4) is 0 Å². The van der Waals surface area contributed by atoms with Gasteiger partial charge in [-0.15, -0.1) is 0 Å². The molecular formula is C25H22FN3O4. The molecule has 2 N–H and O–H groups in total. The van der Waals surface area contributed by atoms with Gasteiger partial charge < -0.3 is 19.7 Å². The number of halogens is 1. The summed E-state index contributed by atoms with van der Waals surface area (Å²) >= 11 is 0. The molecule has 0 spiro atoms. The van der Waals surface area contributed by atoms with Gasteiger partial charge in [0, 0.05) is 28.8 Å². The van der Waals surface area contributed by atoms with Crippen LogP contribution in [-0.2, 0) is 11.3 Å². The molecule has 1 heterocycles. The Labute approximate surface area is 189 Å². The van der Waals surface area contributed by atoms with Gasteiger partial charge in [0.05, 0.1) is 13.2 Å². The highest BCUT2D eigenvalue weighted by molar-refractivity contribution is 5.75. The Balaban J connectivity index is 1.56. The van der Waals surface area contributed by atoms with Crippen LogP contribution in [0.5, 0.6) is 5.75 Å². The third-order valence-corrected chi connectivity index (χ3v) is 4.94. The first-order valence-corrected chi connectivity index (χ1v) is 10.4. The first-order chi connectivity index (χ1) is 16.0. The lowest BCUT2D eigenvalue weighted by Gasteiger charge is -2.12. The summed E-state index contributed by atoms with van der Waals surface area (Å²) in [5, 5.41) is 15.6. The van der Waals surface area contributed by atoms with Gasteiger partial charge in [-0.05, 0) is 36.8 Å². The number of rotatable bonds is 9. The van der Waals surface area contributed by atoms with Gasteiger partial charge in [-0.1, -0.05) is 47.6 Å². The molecule has 0 unspecified atom stereocenters. The van der Waals surface area contributed by atoms with E-state index in [0.717, 1.165) is 11.1 Å². The number of carbonyl (C=O) groups is 1. The molecule has 4 aromatic rings. The van der Waals surface area contributed by atoms with Crippen LogP contribution in [0.1, 0.15) is 12.5 Å². The number of benzene rings is 3. The second kappa shape index (κ2) is 10.1. The maximum absolute atomic E-state index is 14.3. The van der Waals surface area contributed by atoms with Crippen molar-refractivity contribution in [3.63, 3.8) is 0 Å². The topological polar surface area (TPSA) is 97.5 Å². The zero-order chi connectivity index (χ0) is 23.2. The van der Waals surface area contributed by atoms with E-state index in [0.29, 0.717) is 47.3 Å². The number of hydrogen-bond donors (Lipinski definition) is 2. The van der Waals surface area contributed by atoms with Gasteiger partial charge in [0.1, 0.15) is 11.6 Å². The minimum Gasteiger partial charge on any atom is -0.493 e. The summed E-state index contributed by atoms with van der Waals surface area (Å²) < 4.78 is 25.5. The summed E-state index contributed by atoms with van der Waals surface area (Å²) in [7, 11) is 0. The second-order valence-corrected chi connectivity index (χ2v) is 7.24. The number of ether oxygens (including phenoxy) is 1. The van der Waals surface area contributed by atoms with Crippen LogP contribution in [0.2, 0.25) is 0 Å². The maximum atomic E-state index is 14.3. The van der Waals surface area contributed by atoms with Gasteiger partial charge in [0.2, 0.25) is 5.82 Å². The Morgan fingerprint density at radius 3 is 2.55 bits per heavy atom. The highest BCUT2D eigenvalue weighted by Crippen LogP contribution is 2.35. The van der Waals surface area contributed by atoms with Crippen LogP contribution in [0.15, 0.2) is 71.3 Å². The molecule has 0 aliphatic rings.